The van der Waals surface area contributed by atoms with Gasteiger partial charge in [-0.1, -0.05) is 0 Å². The van der Waals surface area contributed by atoms with Crippen molar-refractivity contribution < 1.29 is 13.2 Å². The number of amides is 1. The quantitative estimate of drug-likeness (QED) is 0.758. The van der Waals surface area contributed by atoms with Gasteiger partial charge in [0.05, 0.1) is 0 Å². The summed E-state index contributed by atoms with van der Waals surface area (Å²) in [5, 5.41) is 1.89. The van der Waals surface area contributed by atoms with Gasteiger partial charge in [0, 0.05) is 31.4 Å². The fourth-order valence-corrected chi connectivity index (χ4v) is 2.65. The summed E-state index contributed by atoms with van der Waals surface area (Å²) < 4.78 is 22.5. The minimum Gasteiger partial charge on any atom is -0.351 e. The Labute approximate surface area is 102 Å². The fourth-order valence-electron chi connectivity index (χ4n) is 2.19. The van der Waals surface area contributed by atoms with E-state index in [4.69, 9.17) is 0 Å². The van der Waals surface area contributed by atoms with Crippen molar-refractivity contribution in [2.24, 2.45) is 0 Å². The van der Waals surface area contributed by atoms with Crippen molar-refractivity contribution in [2.75, 3.05) is 19.3 Å². The summed E-state index contributed by atoms with van der Waals surface area (Å²) in [6, 6.07) is 0.830. The van der Waals surface area contributed by atoms with E-state index in [0.29, 0.717) is 6.04 Å². The van der Waals surface area contributed by atoms with Crippen LogP contribution in [0.4, 0.5) is 0 Å². The highest BCUT2D eigenvalue weighted by Gasteiger charge is 2.35. The summed E-state index contributed by atoms with van der Waals surface area (Å²) in [5.41, 5.74) is 0. The van der Waals surface area contributed by atoms with Crippen LogP contribution in [0.5, 0.6) is 0 Å². The van der Waals surface area contributed by atoms with Gasteiger partial charge < -0.3 is 5.32 Å². The molecule has 1 amide bonds. The molecule has 2 rings (SSSR count). The summed E-state index contributed by atoms with van der Waals surface area (Å²) in [7, 11) is -3.29. The van der Waals surface area contributed by atoms with Crippen molar-refractivity contribution in [2.45, 2.75) is 43.5 Å². The van der Waals surface area contributed by atoms with Crippen molar-refractivity contribution in [3.63, 3.8) is 0 Å². The largest absolute Gasteiger partial charge is 0.351 e. The lowest BCUT2D eigenvalue weighted by Crippen LogP contribution is -2.44. The van der Waals surface area contributed by atoms with Crippen LogP contribution >= 0.6 is 0 Å². The number of carbonyl (C=O) groups excluding carboxylic acids is 1. The molecule has 98 valence electrons. The first-order chi connectivity index (χ1) is 7.88. The molecule has 1 aliphatic carbocycles. The molecule has 0 radical (unpaired) electrons. The average molecular weight is 260 g/mol. The Hall–Kier alpha value is -0.620. The fraction of sp³-hybridized carbons (Fsp3) is 0.909. The Kier molecular flexibility index (Phi) is 3.45. The third-order valence-electron chi connectivity index (χ3n) is 3.64. The third kappa shape index (κ3) is 3.19. The molecule has 17 heavy (non-hydrogen) atoms. The second kappa shape index (κ2) is 4.57. The lowest BCUT2D eigenvalue weighted by atomic mass is 10.2. The second-order valence-corrected chi connectivity index (χ2v) is 7.56. The minimum absolute atomic E-state index is 0.118. The number of carbonyl (C=O) groups is 1. The van der Waals surface area contributed by atoms with Crippen LogP contribution in [0.2, 0.25) is 0 Å². The highest BCUT2D eigenvalue weighted by atomic mass is 32.2. The Bertz CT molecular complexity index is 403. The molecular weight excluding hydrogens is 240 g/mol. The predicted octanol–water partition coefficient (Wildman–Crippen LogP) is -0.228. The molecule has 1 aliphatic heterocycles. The second-order valence-electron chi connectivity index (χ2n) is 5.19. The lowest BCUT2D eigenvalue weighted by molar-refractivity contribution is -0.121. The number of hydrogen-bond donors (Lipinski definition) is 1. The Balaban J connectivity index is 1.83. The molecule has 0 aromatic rings. The van der Waals surface area contributed by atoms with Gasteiger partial charge in [0.25, 0.3) is 0 Å². The van der Waals surface area contributed by atoms with Gasteiger partial charge in [0.1, 0.15) is 5.25 Å². The third-order valence-corrected chi connectivity index (χ3v) is 5.14. The summed E-state index contributed by atoms with van der Waals surface area (Å²) in [6.07, 6.45) is 4.56. The zero-order valence-electron chi connectivity index (χ0n) is 10.3. The number of rotatable bonds is 4. The van der Waals surface area contributed by atoms with Gasteiger partial charge in [-0.3, -0.25) is 9.69 Å². The summed E-state index contributed by atoms with van der Waals surface area (Å²) in [4.78, 5) is 14.1. The van der Waals surface area contributed by atoms with Crippen LogP contribution in [0.1, 0.15) is 26.2 Å². The Morgan fingerprint density at radius 3 is 2.53 bits per heavy atom. The van der Waals surface area contributed by atoms with Crippen LogP contribution in [-0.2, 0) is 14.6 Å². The zero-order chi connectivity index (χ0) is 12.6. The van der Waals surface area contributed by atoms with Gasteiger partial charge in [0.15, 0.2) is 9.84 Å². The maximum atomic E-state index is 11.7. The molecule has 0 aromatic heterocycles. The van der Waals surface area contributed by atoms with Gasteiger partial charge in [-0.25, -0.2) is 8.42 Å². The average Bonchev–Trinajstić information content (AvgIpc) is 2.98. The van der Waals surface area contributed by atoms with Crippen LogP contribution in [0.3, 0.4) is 0 Å². The van der Waals surface area contributed by atoms with Gasteiger partial charge in [-0.15, -0.1) is 0 Å². The SMILES string of the molecule is CC(C(=O)NC1CCN(C2CC2)C1)S(C)(=O)=O. The van der Waals surface area contributed by atoms with Crippen LogP contribution in [0.25, 0.3) is 0 Å². The van der Waals surface area contributed by atoms with Gasteiger partial charge in [-0.2, -0.15) is 0 Å². The standard InChI is InChI=1S/C11H20N2O3S/c1-8(17(2,15)16)11(14)12-9-5-6-13(7-9)10-3-4-10/h8-10H,3-7H2,1-2H3,(H,12,14). The van der Waals surface area contributed by atoms with Crippen LogP contribution in [-0.4, -0.2) is 55.9 Å². The molecular formula is C11H20N2O3S. The van der Waals surface area contributed by atoms with Crippen molar-refractivity contribution in [3.05, 3.63) is 0 Å². The van der Waals surface area contributed by atoms with E-state index in [1.165, 1.54) is 19.8 Å². The first-order valence-electron chi connectivity index (χ1n) is 6.11. The van der Waals surface area contributed by atoms with Gasteiger partial charge >= 0.3 is 0 Å². The molecule has 1 saturated carbocycles. The maximum Gasteiger partial charge on any atom is 0.238 e. The molecule has 5 nitrogen and oxygen atoms in total. The molecule has 2 unspecified atom stereocenters. The van der Waals surface area contributed by atoms with E-state index < -0.39 is 15.1 Å². The zero-order valence-corrected chi connectivity index (χ0v) is 11.2. The molecule has 1 N–H and O–H groups in total. The molecule has 1 saturated heterocycles. The van der Waals surface area contributed by atoms with E-state index in [9.17, 15) is 13.2 Å². The molecule has 2 atom stereocenters. The Morgan fingerprint density at radius 2 is 2.00 bits per heavy atom. The van der Waals surface area contributed by atoms with E-state index in [1.54, 1.807) is 0 Å². The lowest BCUT2D eigenvalue weighted by Gasteiger charge is -2.17. The molecule has 2 fully saturated rings. The number of nitrogens with zero attached hydrogens (tertiary/aromatic N) is 1. The first kappa shape index (κ1) is 12.8. The van der Waals surface area contributed by atoms with E-state index in [0.717, 1.165) is 25.8 Å². The Morgan fingerprint density at radius 1 is 1.35 bits per heavy atom. The van der Waals surface area contributed by atoms with Crippen molar-refractivity contribution in [3.8, 4) is 0 Å². The number of hydrogen-bond acceptors (Lipinski definition) is 4. The maximum absolute atomic E-state index is 11.7. The van der Waals surface area contributed by atoms with Crippen LogP contribution in [0.15, 0.2) is 0 Å². The molecule has 6 heteroatoms. The van der Waals surface area contributed by atoms with E-state index in [2.05, 4.69) is 10.2 Å². The number of sulfone groups is 1. The van der Waals surface area contributed by atoms with E-state index >= 15 is 0 Å². The molecule has 0 spiro atoms. The van der Waals surface area contributed by atoms with E-state index in [1.807, 2.05) is 0 Å². The molecule has 0 aromatic carbocycles. The smallest absolute Gasteiger partial charge is 0.238 e. The monoisotopic (exact) mass is 260 g/mol. The number of likely N-dealkylation sites (tertiary alicyclic amines) is 1. The normalized spacial score (nSPS) is 28.0. The van der Waals surface area contributed by atoms with Crippen LogP contribution < -0.4 is 5.32 Å². The van der Waals surface area contributed by atoms with E-state index in [-0.39, 0.29) is 11.9 Å². The van der Waals surface area contributed by atoms with Crippen LogP contribution in [0, 0.1) is 0 Å². The summed E-state index contributed by atoms with van der Waals surface area (Å²) in [5.74, 6) is -0.366. The van der Waals surface area contributed by atoms with Gasteiger partial charge in [0.2, 0.25) is 5.91 Å². The van der Waals surface area contributed by atoms with Crippen molar-refractivity contribution in [1.29, 1.82) is 0 Å². The predicted molar refractivity (Wildman–Crippen MR) is 65.4 cm³/mol. The minimum atomic E-state index is -3.29. The topological polar surface area (TPSA) is 66.5 Å². The highest BCUT2D eigenvalue weighted by Crippen LogP contribution is 2.29. The van der Waals surface area contributed by atoms with Crippen molar-refractivity contribution >= 4 is 15.7 Å². The first-order valence-corrected chi connectivity index (χ1v) is 8.06. The molecule has 0 bridgehead atoms. The van der Waals surface area contributed by atoms with Crippen molar-refractivity contribution in [1.82, 2.24) is 10.2 Å². The number of nitrogens with one attached hydrogen (secondary N) is 1. The molecule has 1 heterocycles. The van der Waals surface area contributed by atoms with Gasteiger partial charge in [-0.05, 0) is 26.2 Å². The summed E-state index contributed by atoms with van der Waals surface area (Å²) in [6.45, 7) is 3.33. The highest BCUT2D eigenvalue weighted by molar-refractivity contribution is 7.92. The molecule has 2 aliphatic rings. The summed E-state index contributed by atoms with van der Waals surface area (Å²) >= 11 is 0.